The fourth-order valence-corrected chi connectivity index (χ4v) is 3.00. The molecular weight excluding hydrogens is 200 g/mol. The van der Waals surface area contributed by atoms with Gasteiger partial charge in [-0.2, -0.15) is 12.6 Å². The van der Waals surface area contributed by atoms with Gasteiger partial charge in [-0.25, -0.2) is 0 Å². The van der Waals surface area contributed by atoms with Gasteiger partial charge in [0.15, 0.2) is 6.29 Å². The highest BCUT2D eigenvalue weighted by molar-refractivity contribution is 7.80. The predicted molar refractivity (Wildman–Crippen MR) is 63.7 cm³/mol. The Bertz CT molecular complexity index is 108. The van der Waals surface area contributed by atoms with Gasteiger partial charge in [-0.3, -0.25) is 0 Å². The van der Waals surface area contributed by atoms with Crippen molar-refractivity contribution in [2.75, 3.05) is 19.0 Å². The second-order valence-electron chi connectivity index (χ2n) is 3.21. The van der Waals surface area contributed by atoms with Crippen molar-refractivity contribution in [1.82, 2.24) is 0 Å². The van der Waals surface area contributed by atoms with E-state index in [1.807, 2.05) is 13.8 Å². The van der Waals surface area contributed by atoms with E-state index in [1.54, 1.807) is 0 Å². The lowest BCUT2D eigenvalue weighted by atomic mass is 10.6. The molecule has 0 heterocycles. The standard InChI is InChI=1S/C9H22O2SSi/c1-4-10-9(11-5-2)7-13-8(3)6-12/h8-9,12H,4-7,13H2,1-3H3. The molecule has 4 heteroatoms. The minimum Gasteiger partial charge on any atom is -0.353 e. The third-order valence-corrected chi connectivity index (χ3v) is 5.10. The monoisotopic (exact) mass is 222 g/mol. The maximum absolute atomic E-state index is 5.46. The van der Waals surface area contributed by atoms with Gasteiger partial charge in [-0.1, -0.05) is 6.92 Å². The molecule has 0 aromatic heterocycles. The first-order valence-electron chi connectivity index (χ1n) is 5.08. The first-order valence-corrected chi connectivity index (χ1v) is 7.53. The van der Waals surface area contributed by atoms with E-state index in [2.05, 4.69) is 19.6 Å². The molecule has 2 nitrogen and oxygen atoms in total. The van der Waals surface area contributed by atoms with E-state index < -0.39 is 0 Å². The Morgan fingerprint density at radius 1 is 1.23 bits per heavy atom. The van der Waals surface area contributed by atoms with Crippen LogP contribution in [-0.4, -0.2) is 34.8 Å². The summed E-state index contributed by atoms with van der Waals surface area (Å²) in [7, 11) is -0.0788. The Morgan fingerprint density at radius 2 is 1.77 bits per heavy atom. The summed E-state index contributed by atoms with van der Waals surface area (Å²) in [6.07, 6.45) is 0.0454. The molecule has 0 bridgehead atoms. The molecule has 0 aliphatic rings. The summed E-state index contributed by atoms with van der Waals surface area (Å²) in [5.41, 5.74) is 0.784. The molecular formula is C9H22O2SSi. The second kappa shape index (κ2) is 9.06. The summed E-state index contributed by atoms with van der Waals surface area (Å²) >= 11 is 4.28. The van der Waals surface area contributed by atoms with Crippen molar-refractivity contribution in [3.05, 3.63) is 0 Å². The number of rotatable bonds is 8. The fraction of sp³-hybridized carbons (Fsp3) is 1.00. The van der Waals surface area contributed by atoms with Gasteiger partial charge >= 0.3 is 0 Å². The van der Waals surface area contributed by atoms with Crippen molar-refractivity contribution >= 4 is 22.1 Å². The van der Waals surface area contributed by atoms with Gasteiger partial charge < -0.3 is 9.47 Å². The number of ether oxygens (including phenoxy) is 2. The first kappa shape index (κ1) is 13.5. The summed E-state index contributed by atoms with van der Waals surface area (Å²) in [5.74, 6) is 0.997. The molecule has 13 heavy (non-hydrogen) atoms. The maximum Gasteiger partial charge on any atom is 0.154 e. The lowest BCUT2D eigenvalue weighted by molar-refractivity contribution is -0.123. The highest BCUT2D eigenvalue weighted by Gasteiger charge is 2.10. The van der Waals surface area contributed by atoms with Crippen LogP contribution in [0.25, 0.3) is 0 Å². The average Bonchev–Trinajstić information content (AvgIpc) is 2.14. The van der Waals surface area contributed by atoms with E-state index in [4.69, 9.17) is 9.47 Å². The van der Waals surface area contributed by atoms with E-state index in [-0.39, 0.29) is 15.8 Å². The largest absolute Gasteiger partial charge is 0.353 e. The van der Waals surface area contributed by atoms with Crippen LogP contribution in [0, 0.1) is 0 Å². The van der Waals surface area contributed by atoms with Crippen molar-refractivity contribution in [3.8, 4) is 0 Å². The minimum absolute atomic E-state index is 0.0454. The molecule has 80 valence electrons. The normalized spacial score (nSPS) is 14.5. The van der Waals surface area contributed by atoms with Gasteiger partial charge in [-0.15, -0.1) is 0 Å². The zero-order valence-electron chi connectivity index (χ0n) is 8.95. The van der Waals surface area contributed by atoms with Crippen molar-refractivity contribution in [2.45, 2.75) is 38.6 Å². The van der Waals surface area contributed by atoms with Crippen LogP contribution in [0.1, 0.15) is 20.8 Å². The first-order chi connectivity index (χ1) is 6.24. The summed E-state index contributed by atoms with van der Waals surface area (Å²) in [5, 5.41) is 0. The molecule has 0 aromatic carbocycles. The van der Waals surface area contributed by atoms with Crippen LogP contribution in [0.2, 0.25) is 11.6 Å². The summed E-state index contributed by atoms with van der Waals surface area (Å²) in [4.78, 5) is 0. The molecule has 0 saturated carbocycles. The SMILES string of the molecule is CCOC(C[SiH2]C(C)CS)OCC. The maximum atomic E-state index is 5.46. The third-order valence-electron chi connectivity index (χ3n) is 1.91. The van der Waals surface area contributed by atoms with E-state index in [0.29, 0.717) is 0 Å². The lowest BCUT2D eigenvalue weighted by Crippen LogP contribution is -2.20. The summed E-state index contributed by atoms with van der Waals surface area (Å²) in [6.45, 7) is 7.77. The van der Waals surface area contributed by atoms with Gasteiger partial charge in [0.1, 0.15) is 0 Å². The Kier molecular flexibility index (Phi) is 9.40. The molecule has 0 aliphatic carbocycles. The van der Waals surface area contributed by atoms with Gasteiger partial charge in [-0.05, 0) is 31.2 Å². The average molecular weight is 222 g/mol. The highest BCUT2D eigenvalue weighted by atomic mass is 32.1. The fourth-order valence-electron chi connectivity index (χ4n) is 1.10. The molecule has 0 amide bonds. The van der Waals surface area contributed by atoms with Crippen LogP contribution >= 0.6 is 12.6 Å². The van der Waals surface area contributed by atoms with Crippen molar-refractivity contribution in [3.63, 3.8) is 0 Å². The highest BCUT2D eigenvalue weighted by Crippen LogP contribution is 2.09. The zero-order valence-corrected chi connectivity index (χ0v) is 11.3. The molecule has 0 aliphatic heterocycles. The van der Waals surface area contributed by atoms with Crippen LogP contribution in [0.15, 0.2) is 0 Å². The molecule has 1 unspecified atom stereocenters. The Hall–Kier alpha value is 0.487. The van der Waals surface area contributed by atoms with Gasteiger partial charge in [0, 0.05) is 22.7 Å². The second-order valence-corrected chi connectivity index (χ2v) is 6.12. The zero-order chi connectivity index (χ0) is 10.1. The lowest BCUT2D eigenvalue weighted by Gasteiger charge is -2.17. The Labute approximate surface area is 89.6 Å². The summed E-state index contributed by atoms with van der Waals surface area (Å²) in [6, 6.07) is 1.11. The Balaban J connectivity index is 3.55. The van der Waals surface area contributed by atoms with Crippen LogP contribution < -0.4 is 0 Å². The number of hydrogen-bond acceptors (Lipinski definition) is 3. The molecule has 0 spiro atoms. The quantitative estimate of drug-likeness (QED) is 0.383. The minimum atomic E-state index is -0.0788. The van der Waals surface area contributed by atoms with Gasteiger partial charge in [0.25, 0.3) is 0 Å². The van der Waals surface area contributed by atoms with Crippen LogP contribution in [-0.2, 0) is 9.47 Å². The topological polar surface area (TPSA) is 18.5 Å². The molecule has 0 saturated heterocycles. The van der Waals surface area contributed by atoms with E-state index in [1.165, 1.54) is 0 Å². The smallest absolute Gasteiger partial charge is 0.154 e. The van der Waals surface area contributed by atoms with Crippen molar-refractivity contribution in [1.29, 1.82) is 0 Å². The molecule has 1 atom stereocenters. The molecule has 0 N–H and O–H groups in total. The van der Waals surface area contributed by atoms with Gasteiger partial charge in [0.05, 0.1) is 0 Å². The molecule has 0 aromatic rings. The predicted octanol–water partition coefficient (Wildman–Crippen LogP) is 1.71. The molecule has 0 rings (SSSR count). The molecule has 0 radical (unpaired) electrons. The van der Waals surface area contributed by atoms with Crippen LogP contribution in [0.4, 0.5) is 0 Å². The van der Waals surface area contributed by atoms with Crippen LogP contribution in [0.5, 0.6) is 0 Å². The van der Waals surface area contributed by atoms with E-state index >= 15 is 0 Å². The van der Waals surface area contributed by atoms with E-state index in [0.717, 1.165) is 30.6 Å². The van der Waals surface area contributed by atoms with Crippen LogP contribution in [0.3, 0.4) is 0 Å². The third kappa shape index (κ3) is 7.55. The number of thiol groups is 1. The number of hydrogen-bond donors (Lipinski definition) is 1. The van der Waals surface area contributed by atoms with E-state index in [9.17, 15) is 0 Å². The summed E-state index contributed by atoms with van der Waals surface area (Å²) < 4.78 is 10.9. The van der Waals surface area contributed by atoms with Crippen molar-refractivity contribution in [2.24, 2.45) is 0 Å². The molecule has 0 fully saturated rings. The van der Waals surface area contributed by atoms with Crippen molar-refractivity contribution < 1.29 is 9.47 Å². The van der Waals surface area contributed by atoms with Gasteiger partial charge in [0.2, 0.25) is 0 Å². The Morgan fingerprint density at radius 3 is 2.15 bits per heavy atom.